The standard InChI is InChI=1S/C20H25N3O2/c1-22(20(24)18-7-6-12-21-19(18)25-2)15-16-8-10-17(11-9-16)23-13-4-3-5-14-23/h6-12H,3-5,13-15H2,1-2H3. The SMILES string of the molecule is COc1ncccc1C(=O)N(C)Cc1ccc(N2CCCCC2)cc1. The highest BCUT2D eigenvalue weighted by molar-refractivity contribution is 5.96. The second-order valence-corrected chi connectivity index (χ2v) is 6.44. The molecule has 0 bridgehead atoms. The van der Waals surface area contributed by atoms with Crippen LogP contribution < -0.4 is 9.64 Å². The molecule has 1 aliphatic rings. The zero-order valence-electron chi connectivity index (χ0n) is 14.9. The van der Waals surface area contributed by atoms with Gasteiger partial charge in [0, 0.05) is 38.6 Å². The molecule has 1 aromatic heterocycles. The minimum absolute atomic E-state index is 0.0925. The maximum atomic E-state index is 12.6. The molecule has 132 valence electrons. The maximum Gasteiger partial charge on any atom is 0.259 e. The third kappa shape index (κ3) is 4.10. The predicted octanol–water partition coefficient (Wildman–Crippen LogP) is 3.35. The third-order valence-corrected chi connectivity index (χ3v) is 4.62. The van der Waals surface area contributed by atoms with Gasteiger partial charge in [-0.25, -0.2) is 4.98 Å². The van der Waals surface area contributed by atoms with Gasteiger partial charge >= 0.3 is 0 Å². The highest BCUT2D eigenvalue weighted by Gasteiger charge is 2.17. The molecular weight excluding hydrogens is 314 g/mol. The van der Waals surface area contributed by atoms with Gasteiger partial charge in [-0.1, -0.05) is 12.1 Å². The summed E-state index contributed by atoms with van der Waals surface area (Å²) in [5.74, 6) is 0.268. The normalized spacial score (nSPS) is 14.2. The number of hydrogen-bond donors (Lipinski definition) is 0. The van der Waals surface area contributed by atoms with E-state index in [4.69, 9.17) is 4.74 Å². The summed E-state index contributed by atoms with van der Waals surface area (Å²) in [6, 6.07) is 12.0. The lowest BCUT2D eigenvalue weighted by Gasteiger charge is -2.29. The summed E-state index contributed by atoms with van der Waals surface area (Å²) in [5, 5.41) is 0. The Labute approximate surface area is 149 Å². The van der Waals surface area contributed by atoms with Gasteiger partial charge in [0.05, 0.1) is 7.11 Å². The number of nitrogens with zero attached hydrogens (tertiary/aromatic N) is 3. The van der Waals surface area contributed by atoms with Crippen molar-refractivity contribution in [2.75, 3.05) is 32.1 Å². The average molecular weight is 339 g/mol. The second-order valence-electron chi connectivity index (χ2n) is 6.44. The van der Waals surface area contributed by atoms with E-state index in [1.807, 2.05) is 0 Å². The number of aromatic nitrogens is 1. The van der Waals surface area contributed by atoms with E-state index in [-0.39, 0.29) is 5.91 Å². The molecule has 5 nitrogen and oxygen atoms in total. The molecule has 1 aliphatic heterocycles. The van der Waals surface area contributed by atoms with Crippen LogP contribution in [0.15, 0.2) is 42.6 Å². The third-order valence-electron chi connectivity index (χ3n) is 4.62. The van der Waals surface area contributed by atoms with Crippen LogP contribution in [0.3, 0.4) is 0 Å². The largest absolute Gasteiger partial charge is 0.480 e. The smallest absolute Gasteiger partial charge is 0.259 e. The van der Waals surface area contributed by atoms with Crippen LogP contribution in [0.5, 0.6) is 5.88 Å². The molecule has 0 spiro atoms. The summed E-state index contributed by atoms with van der Waals surface area (Å²) in [6.07, 6.45) is 5.49. The summed E-state index contributed by atoms with van der Waals surface area (Å²) in [4.78, 5) is 20.9. The maximum absolute atomic E-state index is 12.6. The lowest BCUT2D eigenvalue weighted by molar-refractivity contribution is 0.0781. The summed E-state index contributed by atoms with van der Waals surface area (Å²) >= 11 is 0. The fourth-order valence-corrected chi connectivity index (χ4v) is 3.23. The average Bonchev–Trinajstić information content (AvgIpc) is 2.68. The van der Waals surface area contributed by atoms with Crippen LogP contribution >= 0.6 is 0 Å². The topological polar surface area (TPSA) is 45.7 Å². The molecule has 5 heteroatoms. The van der Waals surface area contributed by atoms with E-state index in [0.717, 1.165) is 18.7 Å². The first-order chi connectivity index (χ1) is 12.2. The number of carbonyl (C=O) groups is 1. The van der Waals surface area contributed by atoms with Gasteiger partial charge in [0.25, 0.3) is 5.91 Å². The summed E-state index contributed by atoms with van der Waals surface area (Å²) in [7, 11) is 3.33. The predicted molar refractivity (Wildman–Crippen MR) is 99.1 cm³/mol. The van der Waals surface area contributed by atoms with Gasteiger partial charge in [-0.3, -0.25) is 4.79 Å². The van der Waals surface area contributed by atoms with E-state index in [9.17, 15) is 4.79 Å². The van der Waals surface area contributed by atoms with Gasteiger partial charge in [-0.2, -0.15) is 0 Å². The minimum atomic E-state index is -0.0925. The summed E-state index contributed by atoms with van der Waals surface area (Å²) in [5.41, 5.74) is 2.86. The molecule has 0 N–H and O–H groups in total. The lowest BCUT2D eigenvalue weighted by atomic mass is 10.1. The first-order valence-electron chi connectivity index (χ1n) is 8.77. The zero-order chi connectivity index (χ0) is 17.6. The molecule has 0 aliphatic carbocycles. The Bertz CT molecular complexity index is 709. The summed E-state index contributed by atoms with van der Waals surface area (Å²) in [6.45, 7) is 2.83. The molecule has 1 fully saturated rings. The van der Waals surface area contributed by atoms with Crippen molar-refractivity contribution in [1.29, 1.82) is 0 Å². The molecule has 0 radical (unpaired) electrons. The fraction of sp³-hybridized carbons (Fsp3) is 0.400. The Morgan fingerprint density at radius 2 is 1.88 bits per heavy atom. The van der Waals surface area contributed by atoms with E-state index in [1.54, 1.807) is 30.3 Å². The Balaban J connectivity index is 1.66. The minimum Gasteiger partial charge on any atom is -0.480 e. The molecule has 2 heterocycles. The van der Waals surface area contributed by atoms with Gasteiger partial charge in [0.15, 0.2) is 0 Å². The van der Waals surface area contributed by atoms with Crippen molar-refractivity contribution in [3.05, 3.63) is 53.7 Å². The van der Waals surface area contributed by atoms with Crippen LogP contribution in [0.1, 0.15) is 35.2 Å². The molecule has 1 saturated heterocycles. The molecular formula is C20H25N3O2. The van der Waals surface area contributed by atoms with Crippen molar-refractivity contribution in [1.82, 2.24) is 9.88 Å². The number of ether oxygens (including phenoxy) is 1. The van der Waals surface area contributed by atoms with Gasteiger partial charge in [-0.15, -0.1) is 0 Å². The number of hydrogen-bond acceptors (Lipinski definition) is 4. The summed E-state index contributed by atoms with van der Waals surface area (Å²) < 4.78 is 5.19. The monoisotopic (exact) mass is 339 g/mol. The van der Waals surface area contributed by atoms with Gasteiger partial charge in [-0.05, 0) is 49.1 Å². The number of pyridine rings is 1. The number of piperidine rings is 1. The van der Waals surface area contributed by atoms with Crippen molar-refractivity contribution in [2.45, 2.75) is 25.8 Å². The molecule has 1 aromatic carbocycles. The van der Waals surface area contributed by atoms with Crippen LogP contribution in [0.25, 0.3) is 0 Å². The van der Waals surface area contributed by atoms with E-state index >= 15 is 0 Å². The number of methoxy groups -OCH3 is 1. The first kappa shape index (κ1) is 17.3. The first-order valence-corrected chi connectivity index (χ1v) is 8.77. The molecule has 3 rings (SSSR count). The van der Waals surface area contributed by atoms with Crippen LogP contribution in [-0.4, -0.2) is 43.0 Å². The van der Waals surface area contributed by atoms with E-state index in [1.165, 1.54) is 32.1 Å². The quantitative estimate of drug-likeness (QED) is 0.838. The van der Waals surface area contributed by atoms with Gasteiger partial charge in [0.1, 0.15) is 5.56 Å². The molecule has 0 atom stereocenters. The van der Waals surface area contributed by atoms with Crippen molar-refractivity contribution in [2.24, 2.45) is 0 Å². The fourth-order valence-electron chi connectivity index (χ4n) is 3.23. The molecule has 0 unspecified atom stereocenters. The Morgan fingerprint density at radius 3 is 2.56 bits per heavy atom. The van der Waals surface area contributed by atoms with E-state index in [0.29, 0.717) is 18.0 Å². The van der Waals surface area contributed by atoms with E-state index in [2.05, 4.69) is 34.1 Å². The van der Waals surface area contributed by atoms with Crippen molar-refractivity contribution in [3.63, 3.8) is 0 Å². The van der Waals surface area contributed by atoms with Crippen LogP contribution in [0.2, 0.25) is 0 Å². The highest BCUT2D eigenvalue weighted by Crippen LogP contribution is 2.21. The van der Waals surface area contributed by atoms with Crippen LogP contribution in [-0.2, 0) is 6.54 Å². The van der Waals surface area contributed by atoms with Crippen molar-refractivity contribution in [3.8, 4) is 5.88 Å². The Kier molecular flexibility index (Phi) is 5.53. The number of anilines is 1. The number of carbonyl (C=O) groups excluding carboxylic acids is 1. The second kappa shape index (κ2) is 8.01. The molecule has 25 heavy (non-hydrogen) atoms. The number of benzene rings is 1. The number of amides is 1. The van der Waals surface area contributed by atoms with Gasteiger partial charge in [0.2, 0.25) is 5.88 Å². The van der Waals surface area contributed by atoms with Gasteiger partial charge < -0.3 is 14.5 Å². The highest BCUT2D eigenvalue weighted by atomic mass is 16.5. The Morgan fingerprint density at radius 1 is 1.16 bits per heavy atom. The Hall–Kier alpha value is -2.56. The number of rotatable bonds is 5. The molecule has 2 aromatic rings. The molecule has 0 saturated carbocycles. The van der Waals surface area contributed by atoms with Crippen molar-refractivity contribution >= 4 is 11.6 Å². The molecule has 1 amide bonds. The van der Waals surface area contributed by atoms with Crippen molar-refractivity contribution < 1.29 is 9.53 Å². The van der Waals surface area contributed by atoms with Crippen LogP contribution in [0, 0.1) is 0 Å². The lowest BCUT2D eigenvalue weighted by Crippen LogP contribution is -2.29. The van der Waals surface area contributed by atoms with Crippen LogP contribution in [0.4, 0.5) is 5.69 Å². The van der Waals surface area contributed by atoms with E-state index < -0.39 is 0 Å². The zero-order valence-corrected chi connectivity index (χ0v) is 14.9.